The van der Waals surface area contributed by atoms with Crippen molar-refractivity contribution >= 4 is 18.4 Å². The minimum atomic E-state index is 0.482. The summed E-state index contributed by atoms with van der Waals surface area (Å²) in [7, 11) is 0. The normalized spacial score (nSPS) is 9.12. The predicted octanol–water partition coefficient (Wildman–Crippen LogP) is 0.952. The Hall–Kier alpha value is -0.700. The third-order valence-corrected chi connectivity index (χ3v) is 1.19. The van der Waals surface area contributed by atoms with Crippen LogP contribution in [0, 0.1) is 0 Å². The van der Waals surface area contributed by atoms with Gasteiger partial charge in [0.05, 0.1) is 0 Å². The summed E-state index contributed by atoms with van der Waals surface area (Å²) < 4.78 is 0. The molecule has 0 aliphatic rings. The van der Waals surface area contributed by atoms with E-state index in [4.69, 9.17) is 5.73 Å². The maximum absolute atomic E-state index is 5.33. The zero-order valence-electron chi connectivity index (χ0n) is 4.20. The molecule has 0 fully saturated rings. The topological polar surface area (TPSA) is 38.9 Å². The minimum absolute atomic E-state index is 0.482. The van der Waals surface area contributed by atoms with Gasteiger partial charge in [0.25, 0.3) is 0 Å². The van der Waals surface area contributed by atoms with Crippen molar-refractivity contribution in [2.24, 2.45) is 0 Å². The number of pyridine rings is 1. The van der Waals surface area contributed by atoms with Gasteiger partial charge in [-0.1, -0.05) is 0 Å². The maximum Gasteiger partial charge on any atom is 0.136 e. The molecule has 42 valence electrons. The first-order valence-corrected chi connectivity index (χ1v) is 2.65. The van der Waals surface area contributed by atoms with E-state index < -0.39 is 0 Å². The van der Waals surface area contributed by atoms with Crippen LogP contribution in [0.25, 0.3) is 0 Å². The van der Waals surface area contributed by atoms with Gasteiger partial charge in [-0.2, -0.15) is 0 Å². The lowest BCUT2D eigenvalue weighted by Crippen LogP contribution is -1.88. The zero-order chi connectivity index (χ0) is 5.98. The Morgan fingerprint density at radius 1 is 1.62 bits per heavy atom. The lowest BCUT2D eigenvalue weighted by Gasteiger charge is -1.91. The second-order valence-corrected chi connectivity index (χ2v) is 1.89. The monoisotopic (exact) mass is 126 g/mol. The van der Waals surface area contributed by atoms with E-state index in [0.717, 1.165) is 4.90 Å². The summed E-state index contributed by atoms with van der Waals surface area (Å²) in [4.78, 5) is 4.51. The highest BCUT2D eigenvalue weighted by atomic mass is 32.1. The highest BCUT2D eigenvalue weighted by molar-refractivity contribution is 7.80. The maximum atomic E-state index is 5.33. The number of rotatable bonds is 0. The molecule has 0 aliphatic heterocycles. The number of nitrogens with two attached hydrogens (primary N) is 1. The molecule has 0 amide bonds. The Kier molecular flexibility index (Phi) is 1.39. The van der Waals surface area contributed by atoms with Gasteiger partial charge in [-0.05, 0) is 12.1 Å². The molecule has 0 saturated heterocycles. The van der Waals surface area contributed by atoms with Gasteiger partial charge in [-0.3, -0.25) is 0 Å². The average Bonchev–Trinajstić information content (AvgIpc) is 1.77. The Labute approximate surface area is 53.1 Å². The van der Waals surface area contributed by atoms with E-state index in [1.807, 2.05) is 0 Å². The van der Waals surface area contributed by atoms with Gasteiger partial charge < -0.3 is 5.73 Å². The molecule has 0 bridgehead atoms. The first kappa shape index (κ1) is 5.44. The van der Waals surface area contributed by atoms with Crippen LogP contribution in [0.15, 0.2) is 23.2 Å². The van der Waals surface area contributed by atoms with Gasteiger partial charge in [-0.15, -0.1) is 12.6 Å². The molecule has 3 heteroatoms. The Balaban J connectivity index is 3.13. The van der Waals surface area contributed by atoms with Gasteiger partial charge in [0.2, 0.25) is 0 Å². The van der Waals surface area contributed by atoms with Crippen molar-refractivity contribution in [1.82, 2.24) is 4.98 Å². The van der Waals surface area contributed by atoms with Gasteiger partial charge in [0, 0.05) is 11.1 Å². The van der Waals surface area contributed by atoms with Crippen LogP contribution in [0.1, 0.15) is 0 Å². The van der Waals surface area contributed by atoms with Crippen molar-refractivity contribution in [3.8, 4) is 0 Å². The molecule has 2 N–H and O–H groups in total. The van der Waals surface area contributed by atoms with E-state index in [0.29, 0.717) is 5.82 Å². The van der Waals surface area contributed by atoms with Gasteiger partial charge in [0.15, 0.2) is 0 Å². The van der Waals surface area contributed by atoms with Crippen LogP contribution in [0.3, 0.4) is 0 Å². The second kappa shape index (κ2) is 2.05. The molecule has 8 heavy (non-hydrogen) atoms. The SMILES string of the molecule is Nc1ncccc1S. The van der Waals surface area contributed by atoms with E-state index in [-0.39, 0.29) is 0 Å². The zero-order valence-corrected chi connectivity index (χ0v) is 5.10. The summed E-state index contributed by atoms with van der Waals surface area (Å²) in [6, 6.07) is 3.59. The number of hydrogen-bond acceptors (Lipinski definition) is 3. The quantitative estimate of drug-likeness (QED) is 0.508. The van der Waals surface area contributed by atoms with Crippen LogP contribution in [0.4, 0.5) is 5.82 Å². The van der Waals surface area contributed by atoms with Crippen LogP contribution in [-0.2, 0) is 0 Å². The minimum Gasteiger partial charge on any atom is -0.383 e. The Morgan fingerprint density at radius 3 is 2.75 bits per heavy atom. The molecule has 1 aromatic rings. The highest BCUT2D eigenvalue weighted by Crippen LogP contribution is 2.09. The number of nitrogen functional groups attached to an aromatic ring is 1. The summed E-state index contributed by atoms with van der Waals surface area (Å²) >= 11 is 4.01. The summed E-state index contributed by atoms with van der Waals surface area (Å²) in [5, 5.41) is 0. The lowest BCUT2D eigenvalue weighted by molar-refractivity contribution is 1.26. The first-order valence-electron chi connectivity index (χ1n) is 2.20. The van der Waals surface area contributed by atoms with Crippen LogP contribution in [-0.4, -0.2) is 4.98 Å². The molecule has 0 aliphatic carbocycles. The third kappa shape index (κ3) is 0.924. The fourth-order valence-electron chi connectivity index (χ4n) is 0.409. The predicted molar refractivity (Wildman–Crippen MR) is 35.9 cm³/mol. The van der Waals surface area contributed by atoms with E-state index in [1.54, 1.807) is 18.3 Å². The molecule has 2 nitrogen and oxygen atoms in total. The third-order valence-electron chi connectivity index (χ3n) is 0.816. The molecular formula is C5H6N2S. The van der Waals surface area contributed by atoms with Crippen molar-refractivity contribution in [2.75, 3.05) is 5.73 Å². The van der Waals surface area contributed by atoms with Crippen molar-refractivity contribution in [2.45, 2.75) is 4.90 Å². The summed E-state index contributed by atoms with van der Waals surface area (Å²) in [5.41, 5.74) is 5.33. The Bertz CT molecular complexity index is 167. The van der Waals surface area contributed by atoms with Crippen molar-refractivity contribution in [1.29, 1.82) is 0 Å². The first-order chi connectivity index (χ1) is 3.80. The van der Waals surface area contributed by atoms with E-state index in [1.165, 1.54) is 0 Å². The smallest absolute Gasteiger partial charge is 0.136 e. The number of anilines is 1. The fourth-order valence-corrected chi connectivity index (χ4v) is 0.553. The average molecular weight is 126 g/mol. The molecule has 0 saturated carbocycles. The molecule has 0 unspecified atom stereocenters. The molecule has 1 rings (SSSR count). The number of nitrogens with zero attached hydrogens (tertiary/aromatic N) is 1. The molecule has 1 heterocycles. The standard InChI is InChI=1S/C5H6N2S/c6-5-4(8)2-1-3-7-5/h1-3,8H,(H2,6,7). The molecule has 0 spiro atoms. The van der Waals surface area contributed by atoms with E-state index >= 15 is 0 Å². The van der Waals surface area contributed by atoms with Crippen LogP contribution in [0.5, 0.6) is 0 Å². The lowest BCUT2D eigenvalue weighted by atomic mass is 10.5. The number of hydrogen-bond donors (Lipinski definition) is 2. The van der Waals surface area contributed by atoms with E-state index in [2.05, 4.69) is 17.6 Å². The van der Waals surface area contributed by atoms with Crippen molar-refractivity contribution < 1.29 is 0 Å². The number of aromatic nitrogens is 1. The summed E-state index contributed by atoms with van der Waals surface area (Å²) in [5.74, 6) is 0.482. The second-order valence-electron chi connectivity index (χ2n) is 1.41. The summed E-state index contributed by atoms with van der Waals surface area (Å²) in [6.07, 6.45) is 1.63. The van der Waals surface area contributed by atoms with Crippen molar-refractivity contribution in [3.05, 3.63) is 18.3 Å². The van der Waals surface area contributed by atoms with E-state index in [9.17, 15) is 0 Å². The molecular weight excluding hydrogens is 120 g/mol. The van der Waals surface area contributed by atoms with Gasteiger partial charge in [-0.25, -0.2) is 4.98 Å². The van der Waals surface area contributed by atoms with Gasteiger partial charge >= 0.3 is 0 Å². The van der Waals surface area contributed by atoms with Crippen LogP contribution in [0.2, 0.25) is 0 Å². The number of thiol groups is 1. The fraction of sp³-hybridized carbons (Fsp3) is 0. The van der Waals surface area contributed by atoms with Crippen LogP contribution >= 0.6 is 12.6 Å². The van der Waals surface area contributed by atoms with Gasteiger partial charge in [0.1, 0.15) is 5.82 Å². The largest absolute Gasteiger partial charge is 0.383 e. The van der Waals surface area contributed by atoms with Crippen LogP contribution < -0.4 is 5.73 Å². The summed E-state index contributed by atoms with van der Waals surface area (Å²) in [6.45, 7) is 0. The molecule has 0 radical (unpaired) electrons. The molecule has 1 aromatic heterocycles. The molecule has 0 atom stereocenters. The Morgan fingerprint density at radius 2 is 2.38 bits per heavy atom. The molecule has 0 aromatic carbocycles. The highest BCUT2D eigenvalue weighted by Gasteiger charge is 1.87. The van der Waals surface area contributed by atoms with Crippen molar-refractivity contribution in [3.63, 3.8) is 0 Å².